The number of nitrogens with zero attached hydrogens (tertiary/aromatic N) is 1. The Morgan fingerprint density at radius 3 is 1.58 bits per heavy atom. The molecular weight excluding hydrogens is 689 g/mol. The highest BCUT2D eigenvalue weighted by Crippen LogP contribution is 2.43. The van der Waals surface area contributed by atoms with E-state index in [0.717, 1.165) is 51.4 Å². The third kappa shape index (κ3) is 39.2. The molecule has 0 aromatic heterocycles. The van der Waals surface area contributed by atoms with Crippen LogP contribution in [0.1, 0.15) is 155 Å². The normalized spacial score (nSPS) is 14.1. The van der Waals surface area contributed by atoms with Crippen molar-refractivity contribution in [2.45, 2.75) is 161 Å². The van der Waals surface area contributed by atoms with Gasteiger partial charge >= 0.3 is 19.8 Å². The van der Waals surface area contributed by atoms with Gasteiger partial charge in [-0.2, -0.15) is 0 Å². The van der Waals surface area contributed by atoms with Crippen molar-refractivity contribution in [3.8, 4) is 0 Å². The minimum Gasteiger partial charge on any atom is -0.462 e. The molecule has 0 aliphatic rings. The highest BCUT2D eigenvalue weighted by molar-refractivity contribution is 7.47. The number of esters is 2. The van der Waals surface area contributed by atoms with Crippen molar-refractivity contribution in [1.29, 1.82) is 0 Å². The van der Waals surface area contributed by atoms with Crippen molar-refractivity contribution in [2.75, 3.05) is 40.5 Å². The molecule has 0 aliphatic carbocycles. The van der Waals surface area contributed by atoms with E-state index < -0.39 is 26.5 Å². The Morgan fingerprint density at radius 2 is 1.08 bits per heavy atom. The van der Waals surface area contributed by atoms with E-state index in [1.165, 1.54) is 64.2 Å². The van der Waals surface area contributed by atoms with Gasteiger partial charge in [0.05, 0.1) is 13.2 Å². The van der Waals surface area contributed by atoms with E-state index in [4.69, 9.17) is 18.5 Å². The Balaban J connectivity index is 4.44. The Morgan fingerprint density at radius 1 is 0.604 bits per heavy atom. The molecule has 0 saturated carbocycles. The first-order chi connectivity index (χ1) is 25.7. The molecule has 53 heavy (non-hydrogen) atoms. The van der Waals surface area contributed by atoms with Crippen LogP contribution in [0, 0.1) is 0 Å². The lowest BCUT2D eigenvalue weighted by atomic mass is 10.0. The van der Waals surface area contributed by atoms with Crippen LogP contribution in [0.15, 0.2) is 60.8 Å². The molecule has 9 nitrogen and oxygen atoms in total. The summed E-state index contributed by atoms with van der Waals surface area (Å²) in [6, 6.07) is 0. The summed E-state index contributed by atoms with van der Waals surface area (Å²) in [6.07, 6.45) is 42.7. The van der Waals surface area contributed by atoms with Crippen molar-refractivity contribution >= 4 is 19.8 Å². The van der Waals surface area contributed by atoms with Crippen LogP contribution in [-0.2, 0) is 32.7 Å². The zero-order valence-electron chi connectivity index (χ0n) is 33.9. The monoisotopic (exact) mass is 766 g/mol. The lowest BCUT2D eigenvalue weighted by molar-refractivity contribution is -0.161. The first-order valence-corrected chi connectivity index (χ1v) is 22.1. The summed E-state index contributed by atoms with van der Waals surface area (Å²) < 4.78 is 33.3. The molecule has 10 heteroatoms. The van der Waals surface area contributed by atoms with Gasteiger partial charge in [-0.05, 0) is 65.5 Å². The van der Waals surface area contributed by atoms with Gasteiger partial charge in [0, 0.05) is 19.4 Å². The summed E-state index contributed by atoms with van der Waals surface area (Å²) in [5.74, 6) is -0.873. The van der Waals surface area contributed by atoms with Crippen molar-refractivity contribution in [2.24, 2.45) is 0 Å². The van der Waals surface area contributed by atoms with Crippen LogP contribution < -0.4 is 0 Å². The summed E-state index contributed by atoms with van der Waals surface area (Å²) in [6.45, 7) is 4.13. The van der Waals surface area contributed by atoms with Crippen molar-refractivity contribution in [3.05, 3.63) is 60.8 Å². The van der Waals surface area contributed by atoms with Gasteiger partial charge in [-0.1, -0.05) is 152 Å². The second-order valence-electron chi connectivity index (χ2n) is 13.8. The quantitative estimate of drug-likeness (QED) is 0.0286. The van der Waals surface area contributed by atoms with E-state index in [-0.39, 0.29) is 32.0 Å². The third-order valence-electron chi connectivity index (χ3n) is 8.34. The summed E-state index contributed by atoms with van der Waals surface area (Å²) in [5, 5.41) is 0. The fraction of sp³-hybridized carbons (Fsp3) is 0.721. The standard InChI is InChI=1S/C43H76NO8P/c1-5-7-9-11-13-15-17-19-20-21-22-24-26-28-30-32-34-36-43(46)52-41(40-51-53(47,48)50-38-37-44(3)4)39-49-42(45)35-33-31-29-27-25-23-18-16-14-12-10-8-6-2/h7,9,13,15,19-20,22,24,28,30,41H,5-6,8,10-12,14,16-18,21,23,25-27,29,31-40H2,1-4H3,(H,47,48)/b9-7-,15-13-,20-19-,24-22-,30-28-. The summed E-state index contributed by atoms with van der Waals surface area (Å²) in [4.78, 5) is 36.9. The Labute approximate surface area is 323 Å². The number of hydrogen-bond acceptors (Lipinski definition) is 8. The minimum atomic E-state index is -4.37. The number of carbonyl (C=O) groups is 2. The minimum absolute atomic E-state index is 0.00482. The van der Waals surface area contributed by atoms with Crippen molar-refractivity contribution in [1.82, 2.24) is 4.90 Å². The average Bonchev–Trinajstić information content (AvgIpc) is 3.12. The number of phosphoric acid groups is 1. The van der Waals surface area contributed by atoms with Gasteiger partial charge in [0.15, 0.2) is 6.10 Å². The van der Waals surface area contributed by atoms with E-state index >= 15 is 0 Å². The molecule has 1 N–H and O–H groups in total. The number of phosphoric ester groups is 1. The molecule has 0 aliphatic heterocycles. The molecule has 0 aromatic rings. The van der Waals surface area contributed by atoms with E-state index in [2.05, 4.69) is 68.5 Å². The maximum atomic E-state index is 12.6. The number of allylic oxidation sites excluding steroid dienone is 10. The van der Waals surface area contributed by atoms with Crippen LogP contribution in [0.5, 0.6) is 0 Å². The lowest BCUT2D eigenvalue weighted by Crippen LogP contribution is -2.29. The Hall–Kier alpha value is -2.29. The highest BCUT2D eigenvalue weighted by Gasteiger charge is 2.26. The molecule has 0 fully saturated rings. The Bertz CT molecular complexity index is 1070. The second kappa shape index (κ2) is 38.0. The molecular formula is C43H76NO8P. The molecule has 0 bridgehead atoms. The van der Waals surface area contributed by atoms with Crippen LogP contribution in [0.4, 0.5) is 0 Å². The smallest absolute Gasteiger partial charge is 0.462 e. The predicted octanol–water partition coefficient (Wildman–Crippen LogP) is 11.5. The van der Waals surface area contributed by atoms with E-state index in [9.17, 15) is 19.0 Å². The molecule has 2 atom stereocenters. The lowest BCUT2D eigenvalue weighted by Gasteiger charge is -2.20. The fourth-order valence-electron chi connectivity index (χ4n) is 5.19. The van der Waals surface area contributed by atoms with Gasteiger partial charge in [-0.3, -0.25) is 18.6 Å². The van der Waals surface area contributed by atoms with E-state index in [0.29, 0.717) is 19.4 Å². The van der Waals surface area contributed by atoms with Gasteiger partial charge < -0.3 is 19.3 Å². The third-order valence-corrected chi connectivity index (χ3v) is 9.32. The fourth-order valence-corrected chi connectivity index (χ4v) is 5.93. The molecule has 0 heterocycles. The SMILES string of the molecule is CC/C=C\C/C=C\C/C=C\C/C=C\C/C=C\CCCC(=O)OC(COC(=O)CCCCCCCCCCCCCCC)COP(=O)(O)OCCN(C)C. The van der Waals surface area contributed by atoms with Gasteiger partial charge in [0.2, 0.25) is 0 Å². The van der Waals surface area contributed by atoms with Gasteiger partial charge in [0.1, 0.15) is 6.61 Å². The predicted molar refractivity (Wildman–Crippen MR) is 220 cm³/mol. The molecule has 306 valence electrons. The van der Waals surface area contributed by atoms with Gasteiger partial charge in [-0.25, -0.2) is 4.57 Å². The number of ether oxygens (including phenoxy) is 2. The first-order valence-electron chi connectivity index (χ1n) is 20.6. The molecule has 0 spiro atoms. The van der Waals surface area contributed by atoms with Gasteiger partial charge in [-0.15, -0.1) is 0 Å². The van der Waals surface area contributed by atoms with E-state index in [1.54, 1.807) is 4.90 Å². The molecule has 0 saturated heterocycles. The van der Waals surface area contributed by atoms with Crippen LogP contribution in [0.2, 0.25) is 0 Å². The van der Waals surface area contributed by atoms with Crippen molar-refractivity contribution < 1.29 is 37.6 Å². The van der Waals surface area contributed by atoms with Crippen LogP contribution in [-0.4, -0.2) is 68.3 Å². The largest absolute Gasteiger partial charge is 0.472 e. The highest BCUT2D eigenvalue weighted by atomic mass is 31.2. The number of unbranched alkanes of at least 4 members (excludes halogenated alkanes) is 13. The number of carbonyl (C=O) groups excluding carboxylic acids is 2. The number of likely N-dealkylation sites (N-methyl/N-ethyl adjacent to an activating group) is 1. The summed E-state index contributed by atoms with van der Waals surface area (Å²) >= 11 is 0. The van der Waals surface area contributed by atoms with Crippen LogP contribution >= 0.6 is 7.82 Å². The average molecular weight is 766 g/mol. The van der Waals surface area contributed by atoms with Crippen molar-refractivity contribution in [3.63, 3.8) is 0 Å². The van der Waals surface area contributed by atoms with Crippen LogP contribution in [0.25, 0.3) is 0 Å². The zero-order chi connectivity index (χ0) is 39.1. The molecule has 2 unspecified atom stereocenters. The van der Waals surface area contributed by atoms with Crippen LogP contribution in [0.3, 0.4) is 0 Å². The van der Waals surface area contributed by atoms with E-state index in [1.807, 2.05) is 20.2 Å². The molecule has 0 aromatic carbocycles. The zero-order valence-corrected chi connectivity index (χ0v) is 34.8. The topological polar surface area (TPSA) is 112 Å². The second-order valence-corrected chi connectivity index (χ2v) is 15.2. The summed E-state index contributed by atoms with van der Waals surface area (Å²) in [7, 11) is -0.744. The Kier molecular flexibility index (Phi) is 36.4. The molecule has 0 amide bonds. The number of hydrogen-bond donors (Lipinski definition) is 1. The maximum Gasteiger partial charge on any atom is 0.472 e. The number of rotatable bonds is 37. The molecule has 0 rings (SSSR count). The summed E-state index contributed by atoms with van der Waals surface area (Å²) in [5.41, 5.74) is 0. The van der Waals surface area contributed by atoms with Gasteiger partial charge in [0.25, 0.3) is 0 Å². The molecule has 0 radical (unpaired) electrons. The maximum absolute atomic E-state index is 12.6. The first kappa shape index (κ1) is 50.7.